The van der Waals surface area contributed by atoms with Crippen molar-refractivity contribution in [1.29, 1.82) is 0 Å². The average Bonchev–Trinajstić information content (AvgIpc) is 2.48. The van der Waals surface area contributed by atoms with Crippen molar-refractivity contribution >= 4 is 12.0 Å². The van der Waals surface area contributed by atoms with Crippen LogP contribution in [0.2, 0.25) is 0 Å². The van der Waals surface area contributed by atoms with Crippen molar-refractivity contribution in [2.75, 3.05) is 11.9 Å². The first-order valence-corrected chi connectivity index (χ1v) is 7.40. The van der Waals surface area contributed by atoms with Crippen LogP contribution in [0, 0.1) is 0 Å². The van der Waals surface area contributed by atoms with Gasteiger partial charge in [0.1, 0.15) is 0 Å². The SMILES string of the molecule is O=C(O)N1CCc2cnc(NC3CCC(F)(F)CC3)nc2C1. The zero-order valence-corrected chi connectivity index (χ0v) is 12.1. The highest BCUT2D eigenvalue weighted by Crippen LogP contribution is 2.34. The van der Waals surface area contributed by atoms with Crippen molar-refractivity contribution in [2.45, 2.75) is 50.6 Å². The second kappa shape index (κ2) is 5.66. The van der Waals surface area contributed by atoms with Crippen LogP contribution in [0.15, 0.2) is 6.20 Å². The van der Waals surface area contributed by atoms with Crippen LogP contribution < -0.4 is 5.32 Å². The number of carboxylic acid groups (broad SMARTS) is 1. The van der Waals surface area contributed by atoms with Crippen molar-refractivity contribution in [3.63, 3.8) is 0 Å². The molecule has 0 radical (unpaired) electrons. The predicted molar refractivity (Wildman–Crippen MR) is 75.0 cm³/mol. The van der Waals surface area contributed by atoms with Crippen LogP contribution >= 0.6 is 0 Å². The monoisotopic (exact) mass is 312 g/mol. The first kappa shape index (κ1) is 14.9. The molecular weight excluding hydrogens is 294 g/mol. The number of nitrogens with zero attached hydrogens (tertiary/aromatic N) is 3. The highest BCUT2D eigenvalue weighted by molar-refractivity contribution is 5.65. The Hall–Kier alpha value is -1.99. The molecule has 0 saturated heterocycles. The van der Waals surface area contributed by atoms with Crippen molar-refractivity contribution in [3.8, 4) is 0 Å². The number of rotatable bonds is 2. The third-order valence-corrected chi connectivity index (χ3v) is 4.27. The van der Waals surface area contributed by atoms with Gasteiger partial charge in [0.05, 0.1) is 12.2 Å². The van der Waals surface area contributed by atoms with Crippen molar-refractivity contribution < 1.29 is 18.7 Å². The van der Waals surface area contributed by atoms with E-state index in [0.717, 1.165) is 5.56 Å². The average molecular weight is 312 g/mol. The summed E-state index contributed by atoms with van der Waals surface area (Å²) >= 11 is 0. The van der Waals surface area contributed by atoms with Gasteiger partial charge in [0.2, 0.25) is 11.9 Å². The summed E-state index contributed by atoms with van der Waals surface area (Å²) in [7, 11) is 0. The Morgan fingerprint density at radius 2 is 2.14 bits per heavy atom. The summed E-state index contributed by atoms with van der Waals surface area (Å²) in [5.41, 5.74) is 1.63. The summed E-state index contributed by atoms with van der Waals surface area (Å²) in [6.45, 7) is 0.681. The first-order chi connectivity index (χ1) is 10.4. The zero-order valence-electron chi connectivity index (χ0n) is 12.1. The van der Waals surface area contributed by atoms with E-state index in [2.05, 4.69) is 15.3 Å². The number of amides is 1. The molecule has 1 amide bonds. The molecule has 6 nitrogen and oxygen atoms in total. The van der Waals surface area contributed by atoms with Crippen LogP contribution in [0.5, 0.6) is 0 Å². The van der Waals surface area contributed by atoms with Crippen molar-refractivity contribution in [2.24, 2.45) is 0 Å². The van der Waals surface area contributed by atoms with E-state index in [0.29, 0.717) is 37.4 Å². The molecule has 8 heteroatoms. The Bertz CT molecular complexity index is 572. The number of fused-ring (bicyclic) bond motifs is 1. The summed E-state index contributed by atoms with van der Waals surface area (Å²) in [6, 6.07) is -0.0585. The summed E-state index contributed by atoms with van der Waals surface area (Å²) < 4.78 is 26.3. The molecule has 1 aromatic heterocycles. The molecule has 1 aliphatic heterocycles. The molecule has 3 rings (SSSR count). The maximum atomic E-state index is 13.1. The predicted octanol–water partition coefficient (Wildman–Crippen LogP) is 2.50. The lowest BCUT2D eigenvalue weighted by Gasteiger charge is -2.29. The quantitative estimate of drug-likeness (QED) is 0.877. The molecule has 2 heterocycles. The van der Waals surface area contributed by atoms with Gasteiger partial charge in [-0.1, -0.05) is 0 Å². The van der Waals surface area contributed by atoms with Crippen LogP contribution in [-0.4, -0.2) is 44.6 Å². The highest BCUT2D eigenvalue weighted by Gasteiger charge is 2.35. The third-order valence-electron chi connectivity index (χ3n) is 4.27. The maximum Gasteiger partial charge on any atom is 0.407 e. The van der Waals surface area contributed by atoms with Crippen molar-refractivity contribution in [1.82, 2.24) is 14.9 Å². The van der Waals surface area contributed by atoms with Gasteiger partial charge in [0, 0.05) is 31.6 Å². The normalized spacial score (nSPS) is 21.3. The minimum atomic E-state index is -2.56. The summed E-state index contributed by atoms with van der Waals surface area (Å²) in [4.78, 5) is 20.9. The lowest BCUT2D eigenvalue weighted by atomic mass is 9.92. The van der Waals surface area contributed by atoms with E-state index in [1.807, 2.05) is 0 Å². The number of anilines is 1. The van der Waals surface area contributed by atoms with Gasteiger partial charge in [0.25, 0.3) is 0 Å². The minimum Gasteiger partial charge on any atom is -0.465 e. The molecule has 0 unspecified atom stereocenters. The van der Waals surface area contributed by atoms with Gasteiger partial charge in [0.15, 0.2) is 0 Å². The Morgan fingerprint density at radius 3 is 2.82 bits per heavy atom. The second-order valence-corrected chi connectivity index (χ2v) is 5.89. The number of carbonyl (C=O) groups is 1. The second-order valence-electron chi connectivity index (χ2n) is 5.89. The molecule has 1 aromatic rings. The number of nitrogens with one attached hydrogen (secondary N) is 1. The largest absolute Gasteiger partial charge is 0.465 e. The fourth-order valence-corrected chi connectivity index (χ4v) is 2.90. The summed E-state index contributed by atoms with van der Waals surface area (Å²) in [5.74, 6) is -2.17. The van der Waals surface area contributed by atoms with Gasteiger partial charge in [-0.2, -0.15) is 0 Å². The van der Waals surface area contributed by atoms with E-state index in [1.165, 1.54) is 4.90 Å². The third kappa shape index (κ3) is 3.26. The van der Waals surface area contributed by atoms with Crippen LogP contribution in [0.25, 0.3) is 0 Å². The smallest absolute Gasteiger partial charge is 0.407 e. The summed E-state index contributed by atoms with van der Waals surface area (Å²) in [5, 5.41) is 12.1. The Balaban J connectivity index is 1.66. The molecular formula is C14H18F2N4O2. The lowest BCUT2D eigenvalue weighted by molar-refractivity contribution is -0.0361. The molecule has 1 saturated carbocycles. The molecule has 2 N–H and O–H groups in total. The van der Waals surface area contributed by atoms with Gasteiger partial charge < -0.3 is 15.3 Å². The van der Waals surface area contributed by atoms with Crippen LogP contribution in [-0.2, 0) is 13.0 Å². The van der Waals surface area contributed by atoms with E-state index in [1.54, 1.807) is 6.20 Å². The molecule has 0 atom stereocenters. The van der Waals surface area contributed by atoms with Crippen LogP contribution in [0.1, 0.15) is 36.9 Å². The standard InChI is InChI=1S/C14H18F2N4O2/c15-14(16)4-1-10(2-5-14)18-12-17-7-9-3-6-20(13(21)22)8-11(9)19-12/h7,10H,1-6,8H2,(H,21,22)(H,17,18,19). The molecule has 0 aromatic carbocycles. The fourth-order valence-electron chi connectivity index (χ4n) is 2.90. The van der Waals surface area contributed by atoms with Crippen LogP contribution in [0.3, 0.4) is 0 Å². The summed E-state index contributed by atoms with van der Waals surface area (Å²) in [6.07, 6.45) is 1.85. The van der Waals surface area contributed by atoms with E-state index in [4.69, 9.17) is 5.11 Å². The molecule has 2 aliphatic rings. The van der Waals surface area contributed by atoms with Gasteiger partial charge in [-0.3, -0.25) is 0 Å². The van der Waals surface area contributed by atoms with Gasteiger partial charge in [-0.25, -0.2) is 23.5 Å². The molecule has 0 spiro atoms. The lowest BCUT2D eigenvalue weighted by Crippen LogP contribution is -2.36. The minimum absolute atomic E-state index is 0.0585. The number of alkyl halides is 2. The molecule has 120 valence electrons. The van der Waals surface area contributed by atoms with Crippen LogP contribution in [0.4, 0.5) is 19.5 Å². The van der Waals surface area contributed by atoms with Gasteiger partial charge >= 0.3 is 6.09 Å². The zero-order chi connectivity index (χ0) is 15.7. The molecule has 0 bridgehead atoms. The number of aromatic nitrogens is 2. The Kier molecular flexibility index (Phi) is 3.84. The van der Waals surface area contributed by atoms with E-state index in [9.17, 15) is 13.6 Å². The molecule has 1 aliphatic carbocycles. The fraction of sp³-hybridized carbons (Fsp3) is 0.643. The first-order valence-electron chi connectivity index (χ1n) is 7.40. The van der Waals surface area contributed by atoms with Gasteiger partial charge in [-0.05, 0) is 24.8 Å². The maximum absolute atomic E-state index is 13.1. The Morgan fingerprint density at radius 1 is 1.41 bits per heavy atom. The van der Waals surface area contributed by atoms with E-state index in [-0.39, 0.29) is 25.4 Å². The van der Waals surface area contributed by atoms with E-state index >= 15 is 0 Å². The highest BCUT2D eigenvalue weighted by atomic mass is 19.3. The number of hydrogen-bond donors (Lipinski definition) is 2. The van der Waals surface area contributed by atoms with Gasteiger partial charge in [-0.15, -0.1) is 0 Å². The van der Waals surface area contributed by atoms with E-state index < -0.39 is 12.0 Å². The van der Waals surface area contributed by atoms with Crippen molar-refractivity contribution in [3.05, 3.63) is 17.5 Å². The number of hydrogen-bond acceptors (Lipinski definition) is 4. The molecule has 22 heavy (non-hydrogen) atoms. The topological polar surface area (TPSA) is 78.3 Å². The molecule has 1 fully saturated rings. The Labute approximate surface area is 126 Å². The number of halogens is 2.